The number of hydrazone groups is 1. The molecule has 0 aliphatic carbocycles. The maximum Gasteiger partial charge on any atom is 0.271 e. The molecule has 0 aliphatic rings. The Morgan fingerprint density at radius 3 is 2.42 bits per heavy atom. The highest BCUT2D eigenvalue weighted by Crippen LogP contribution is 2.27. The van der Waals surface area contributed by atoms with Crippen LogP contribution in [0.5, 0.6) is 11.5 Å². The van der Waals surface area contributed by atoms with Gasteiger partial charge in [-0.05, 0) is 61.9 Å². The first-order valence-corrected chi connectivity index (χ1v) is 8.00. The highest BCUT2D eigenvalue weighted by molar-refractivity contribution is 6.30. The van der Waals surface area contributed by atoms with Gasteiger partial charge in [0.15, 0.2) is 11.5 Å². The van der Waals surface area contributed by atoms with Crippen LogP contribution in [-0.4, -0.2) is 25.3 Å². The van der Waals surface area contributed by atoms with Crippen molar-refractivity contribution in [1.29, 1.82) is 0 Å². The number of amides is 1. The zero-order valence-electron chi connectivity index (χ0n) is 13.6. The summed E-state index contributed by atoms with van der Waals surface area (Å²) in [5, 5.41) is 4.54. The molecule has 0 radical (unpaired) electrons. The summed E-state index contributed by atoms with van der Waals surface area (Å²) in [6.45, 7) is 4.92. The average Bonchev–Trinajstić information content (AvgIpc) is 2.58. The second-order valence-electron chi connectivity index (χ2n) is 4.78. The predicted molar refractivity (Wildman–Crippen MR) is 95.3 cm³/mol. The molecule has 0 saturated heterocycles. The first kappa shape index (κ1) is 17.8. The molecular formula is C18H19ClN2O3. The molecule has 0 aliphatic heterocycles. The van der Waals surface area contributed by atoms with Crippen molar-refractivity contribution in [1.82, 2.24) is 5.43 Å². The number of ether oxygens (including phenoxy) is 2. The fourth-order valence-corrected chi connectivity index (χ4v) is 2.11. The molecule has 0 unspecified atom stereocenters. The van der Waals surface area contributed by atoms with Gasteiger partial charge >= 0.3 is 0 Å². The second kappa shape index (κ2) is 8.93. The lowest BCUT2D eigenvalue weighted by molar-refractivity contribution is 0.0955. The van der Waals surface area contributed by atoms with E-state index in [1.165, 1.54) is 0 Å². The molecule has 2 aromatic carbocycles. The third-order valence-electron chi connectivity index (χ3n) is 3.05. The third kappa shape index (κ3) is 4.99. The molecule has 0 fully saturated rings. The summed E-state index contributed by atoms with van der Waals surface area (Å²) < 4.78 is 11.1. The Balaban J connectivity index is 2.04. The van der Waals surface area contributed by atoms with E-state index in [0.29, 0.717) is 35.3 Å². The molecule has 24 heavy (non-hydrogen) atoms. The SMILES string of the molecule is CCOc1ccc(/C=N/NC(=O)c2ccc(Cl)cc2)cc1OCC. The maximum absolute atomic E-state index is 11.9. The zero-order valence-corrected chi connectivity index (χ0v) is 14.3. The monoisotopic (exact) mass is 346 g/mol. The average molecular weight is 347 g/mol. The van der Waals surface area contributed by atoms with Crippen molar-refractivity contribution in [2.75, 3.05) is 13.2 Å². The van der Waals surface area contributed by atoms with Crippen LogP contribution in [-0.2, 0) is 0 Å². The van der Waals surface area contributed by atoms with Gasteiger partial charge in [-0.2, -0.15) is 5.10 Å². The van der Waals surface area contributed by atoms with Crippen molar-refractivity contribution in [2.45, 2.75) is 13.8 Å². The van der Waals surface area contributed by atoms with Gasteiger partial charge in [0.25, 0.3) is 5.91 Å². The summed E-state index contributed by atoms with van der Waals surface area (Å²) in [5.41, 5.74) is 3.75. The van der Waals surface area contributed by atoms with Crippen LogP contribution in [0.15, 0.2) is 47.6 Å². The van der Waals surface area contributed by atoms with Gasteiger partial charge in [0.1, 0.15) is 0 Å². The number of carbonyl (C=O) groups excluding carboxylic acids is 1. The third-order valence-corrected chi connectivity index (χ3v) is 3.31. The van der Waals surface area contributed by atoms with Gasteiger partial charge < -0.3 is 9.47 Å². The van der Waals surface area contributed by atoms with E-state index in [4.69, 9.17) is 21.1 Å². The van der Waals surface area contributed by atoms with E-state index < -0.39 is 0 Å². The van der Waals surface area contributed by atoms with E-state index in [0.717, 1.165) is 5.56 Å². The van der Waals surface area contributed by atoms with Crippen molar-refractivity contribution in [3.05, 3.63) is 58.6 Å². The normalized spacial score (nSPS) is 10.6. The summed E-state index contributed by atoms with van der Waals surface area (Å²) in [5.74, 6) is 1.02. The molecule has 1 amide bonds. The fourth-order valence-electron chi connectivity index (χ4n) is 1.98. The highest BCUT2D eigenvalue weighted by atomic mass is 35.5. The summed E-state index contributed by atoms with van der Waals surface area (Å²) in [4.78, 5) is 11.9. The number of nitrogens with one attached hydrogen (secondary N) is 1. The Kier molecular flexibility index (Phi) is 6.63. The highest BCUT2D eigenvalue weighted by Gasteiger charge is 2.06. The second-order valence-corrected chi connectivity index (χ2v) is 5.21. The van der Waals surface area contributed by atoms with Crippen LogP contribution in [0.2, 0.25) is 5.02 Å². The Labute approximate surface area is 146 Å². The minimum absolute atomic E-state index is 0.307. The molecule has 0 bridgehead atoms. The quantitative estimate of drug-likeness (QED) is 0.611. The predicted octanol–water partition coefficient (Wildman–Crippen LogP) is 3.90. The molecule has 0 aromatic heterocycles. The minimum Gasteiger partial charge on any atom is -0.490 e. The van der Waals surface area contributed by atoms with Crippen LogP contribution in [0, 0.1) is 0 Å². The number of halogens is 1. The van der Waals surface area contributed by atoms with Gasteiger partial charge in [0.05, 0.1) is 19.4 Å². The molecular weight excluding hydrogens is 328 g/mol. The Morgan fingerprint density at radius 1 is 1.08 bits per heavy atom. The number of hydrogen-bond donors (Lipinski definition) is 1. The molecule has 0 heterocycles. The van der Waals surface area contributed by atoms with Crippen LogP contribution in [0.25, 0.3) is 0 Å². The maximum atomic E-state index is 11.9. The van der Waals surface area contributed by atoms with E-state index in [9.17, 15) is 4.79 Å². The van der Waals surface area contributed by atoms with Gasteiger partial charge in [-0.3, -0.25) is 4.79 Å². The topological polar surface area (TPSA) is 59.9 Å². The first-order chi connectivity index (χ1) is 11.6. The van der Waals surface area contributed by atoms with Crippen LogP contribution >= 0.6 is 11.6 Å². The zero-order chi connectivity index (χ0) is 17.4. The fraction of sp³-hybridized carbons (Fsp3) is 0.222. The number of hydrogen-bond acceptors (Lipinski definition) is 4. The van der Waals surface area contributed by atoms with Gasteiger partial charge in [-0.25, -0.2) is 5.43 Å². The molecule has 6 heteroatoms. The van der Waals surface area contributed by atoms with E-state index in [-0.39, 0.29) is 5.91 Å². The van der Waals surface area contributed by atoms with Crippen molar-refractivity contribution in [3.63, 3.8) is 0 Å². The lowest BCUT2D eigenvalue weighted by atomic mass is 10.2. The van der Waals surface area contributed by atoms with Gasteiger partial charge in [-0.1, -0.05) is 11.6 Å². The van der Waals surface area contributed by atoms with Crippen LogP contribution in [0.1, 0.15) is 29.8 Å². The largest absolute Gasteiger partial charge is 0.490 e. The molecule has 126 valence electrons. The molecule has 1 N–H and O–H groups in total. The van der Waals surface area contributed by atoms with Gasteiger partial charge in [0.2, 0.25) is 0 Å². The minimum atomic E-state index is -0.307. The van der Waals surface area contributed by atoms with Crippen molar-refractivity contribution in [2.24, 2.45) is 5.10 Å². The van der Waals surface area contributed by atoms with Crippen molar-refractivity contribution >= 4 is 23.7 Å². The van der Waals surface area contributed by atoms with Crippen LogP contribution < -0.4 is 14.9 Å². The van der Waals surface area contributed by atoms with E-state index >= 15 is 0 Å². The Hall–Kier alpha value is -2.53. The van der Waals surface area contributed by atoms with Crippen molar-refractivity contribution < 1.29 is 14.3 Å². The van der Waals surface area contributed by atoms with Gasteiger partial charge in [0, 0.05) is 10.6 Å². The lowest BCUT2D eigenvalue weighted by Gasteiger charge is -2.11. The van der Waals surface area contributed by atoms with Crippen molar-refractivity contribution in [3.8, 4) is 11.5 Å². The van der Waals surface area contributed by atoms with Crippen LogP contribution in [0.3, 0.4) is 0 Å². The molecule has 0 atom stereocenters. The Bertz CT molecular complexity index is 715. The standard InChI is InChI=1S/C18H19ClN2O3/c1-3-23-16-10-5-13(11-17(16)24-4-2)12-20-21-18(22)14-6-8-15(19)9-7-14/h5-12H,3-4H2,1-2H3,(H,21,22)/b20-12+. The smallest absolute Gasteiger partial charge is 0.271 e. The molecule has 5 nitrogen and oxygen atoms in total. The van der Waals surface area contributed by atoms with E-state index in [1.807, 2.05) is 32.0 Å². The Morgan fingerprint density at radius 2 is 1.75 bits per heavy atom. The number of benzene rings is 2. The molecule has 2 rings (SSSR count). The molecule has 0 spiro atoms. The summed E-state index contributed by atoms with van der Waals surface area (Å²) in [6, 6.07) is 12.0. The lowest BCUT2D eigenvalue weighted by Crippen LogP contribution is -2.17. The summed E-state index contributed by atoms with van der Waals surface area (Å²) in [6.07, 6.45) is 1.55. The number of carbonyl (C=O) groups is 1. The van der Waals surface area contributed by atoms with E-state index in [2.05, 4.69) is 10.5 Å². The molecule has 0 saturated carbocycles. The van der Waals surface area contributed by atoms with Crippen LogP contribution in [0.4, 0.5) is 0 Å². The summed E-state index contributed by atoms with van der Waals surface area (Å²) in [7, 11) is 0. The van der Waals surface area contributed by atoms with Gasteiger partial charge in [-0.15, -0.1) is 0 Å². The van der Waals surface area contributed by atoms with E-state index in [1.54, 1.807) is 30.5 Å². The summed E-state index contributed by atoms with van der Waals surface area (Å²) >= 11 is 5.79. The number of nitrogens with zero attached hydrogens (tertiary/aromatic N) is 1. The number of rotatable bonds is 7. The first-order valence-electron chi connectivity index (χ1n) is 7.62. The molecule has 2 aromatic rings.